The number of hydrogen-bond donors (Lipinski definition) is 1. The van der Waals surface area contributed by atoms with Crippen LogP contribution in [0.5, 0.6) is 0 Å². The first-order valence-electron chi connectivity index (χ1n) is 6.39. The normalized spacial score (nSPS) is 13.9. The molecule has 0 saturated heterocycles. The average molecular weight is 327 g/mol. The summed E-state index contributed by atoms with van der Waals surface area (Å²) in [6.07, 6.45) is 4.41. The van der Waals surface area contributed by atoms with Crippen LogP contribution in [0.4, 0.5) is 5.13 Å². The summed E-state index contributed by atoms with van der Waals surface area (Å²) in [5.41, 5.74) is 1.41. The molecule has 1 heterocycles. The lowest BCUT2D eigenvalue weighted by Crippen LogP contribution is -2.13. The SMILES string of the molecule is O=C(Nc1nc2c(s1)CCCC2)c1c(Cl)cccc1Cl. The van der Waals surface area contributed by atoms with Gasteiger partial charge in [-0.25, -0.2) is 4.98 Å². The fourth-order valence-electron chi connectivity index (χ4n) is 2.28. The summed E-state index contributed by atoms with van der Waals surface area (Å²) >= 11 is 13.6. The zero-order valence-electron chi connectivity index (χ0n) is 10.6. The lowest BCUT2D eigenvalue weighted by Gasteiger charge is -2.06. The van der Waals surface area contributed by atoms with Gasteiger partial charge in [0.25, 0.3) is 5.91 Å². The van der Waals surface area contributed by atoms with Gasteiger partial charge in [0.1, 0.15) is 0 Å². The highest BCUT2D eigenvalue weighted by atomic mass is 35.5. The number of aryl methyl sites for hydroxylation is 2. The second-order valence-corrected chi connectivity index (χ2v) is 6.54. The van der Waals surface area contributed by atoms with E-state index >= 15 is 0 Å². The summed E-state index contributed by atoms with van der Waals surface area (Å²) in [6.45, 7) is 0. The van der Waals surface area contributed by atoms with Gasteiger partial charge < -0.3 is 0 Å². The molecule has 1 aliphatic rings. The molecule has 0 unspecified atom stereocenters. The van der Waals surface area contributed by atoms with Gasteiger partial charge in [-0.3, -0.25) is 10.1 Å². The van der Waals surface area contributed by atoms with Crippen LogP contribution in [0, 0.1) is 0 Å². The maximum atomic E-state index is 12.3. The molecule has 1 N–H and O–H groups in total. The van der Waals surface area contributed by atoms with E-state index in [1.807, 2.05) is 0 Å². The molecule has 0 fully saturated rings. The lowest BCUT2D eigenvalue weighted by molar-refractivity contribution is 0.102. The van der Waals surface area contributed by atoms with Crippen molar-refractivity contribution >= 4 is 45.6 Å². The number of anilines is 1. The first-order chi connectivity index (χ1) is 9.65. The van der Waals surface area contributed by atoms with E-state index in [-0.39, 0.29) is 5.91 Å². The number of rotatable bonds is 2. The molecule has 1 amide bonds. The molecule has 3 rings (SSSR count). The van der Waals surface area contributed by atoms with Crippen LogP contribution in [0.1, 0.15) is 33.8 Å². The number of thiazole rings is 1. The largest absolute Gasteiger partial charge is 0.298 e. The molecule has 1 aliphatic carbocycles. The molecular weight excluding hydrogens is 315 g/mol. The summed E-state index contributed by atoms with van der Waals surface area (Å²) in [7, 11) is 0. The molecule has 104 valence electrons. The molecule has 0 spiro atoms. The first-order valence-corrected chi connectivity index (χ1v) is 7.96. The molecule has 6 heteroatoms. The molecular formula is C14H12Cl2N2OS. The first kappa shape index (κ1) is 13.9. The van der Waals surface area contributed by atoms with Crippen molar-refractivity contribution in [3.8, 4) is 0 Å². The second-order valence-electron chi connectivity index (χ2n) is 4.65. The lowest BCUT2D eigenvalue weighted by atomic mass is 10.0. The minimum atomic E-state index is -0.313. The predicted molar refractivity (Wildman–Crippen MR) is 83.2 cm³/mol. The summed E-state index contributed by atoms with van der Waals surface area (Å²) in [5, 5.41) is 4.11. The van der Waals surface area contributed by atoms with Crippen LogP contribution in [0.3, 0.4) is 0 Å². The predicted octanol–water partition coefficient (Wildman–Crippen LogP) is 4.58. The molecule has 3 nitrogen and oxygen atoms in total. The minimum Gasteiger partial charge on any atom is -0.298 e. The van der Waals surface area contributed by atoms with Crippen molar-refractivity contribution in [2.24, 2.45) is 0 Å². The van der Waals surface area contributed by atoms with Gasteiger partial charge in [0, 0.05) is 4.88 Å². The Morgan fingerprint density at radius 2 is 1.90 bits per heavy atom. The zero-order chi connectivity index (χ0) is 14.1. The summed E-state index contributed by atoms with van der Waals surface area (Å²) in [4.78, 5) is 18.0. The highest BCUT2D eigenvalue weighted by molar-refractivity contribution is 7.15. The Morgan fingerprint density at radius 3 is 2.60 bits per heavy atom. The van der Waals surface area contributed by atoms with Crippen molar-refractivity contribution in [1.29, 1.82) is 0 Å². The monoisotopic (exact) mass is 326 g/mol. The fourth-order valence-corrected chi connectivity index (χ4v) is 3.89. The maximum Gasteiger partial charge on any atom is 0.260 e. The molecule has 0 bridgehead atoms. The van der Waals surface area contributed by atoms with Gasteiger partial charge >= 0.3 is 0 Å². The Hall–Kier alpha value is -1.10. The minimum absolute atomic E-state index is 0.295. The molecule has 0 atom stereocenters. The number of benzene rings is 1. The van der Waals surface area contributed by atoms with Crippen molar-refractivity contribution in [1.82, 2.24) is 4.98 Å². The van der Waals surface area contributed by atoms with Crippen LogP contribution in [-0.2, 0) is 12.8 Å². The third-order valence-corrected chi connectivity index (χ3v) is 4.96. The van der Waals surface area contributed by atoms with Gasteiger partial charge in [-0.15, -0.1) is 11.3 Å². The molecule has 1 aromatic heterocycles. The number of halogens is 2. The van der Waals surface area contributed by atoms with Crippen LogP contribution in [-0.4, -0.2) is 10.9 Å². The van der Waals surface area contributed by atoms with Crippen LogP contribution in [0.2, 0.25) is 10.0 Å². The number of nitrogens with one attached hydrogen (secondary N) is 1. The third-order valence-electron chi connectivity index (χ3n) is 3.26. The number of nitrogens with zero attached hydrogens (tertiary/aromatic N) is 1. The zero-order valence-corrected chi connectivity index (χ0v) is 12.9. The van der Waals surface area contributed by atoms with Gasteiger partial charge in [-0.05, 0) is 37.8 Å². The molecule has 20 heavy (non-hydrogen) atoms. The van der Waals surface area contributed by atoms with E-state index < -0.39 is 0 Å². The van der Waals surface area contributed by atoms with Crippen molar-refractivity contribution in [3.63, 3.8) is 0 Å². The highest BCUT2D eigenvalue weighted by Crippen LogP contribution is 2.31. The second kappa shape index (κ2) is 5.72. The quantitative estimate of drug-likeness (QED) is 0.877. The van der Waals surface area contributed by atoms with Crippen LogP contribution < -0.4 is 5.32 Å². The summed E-state index contributed by atoms with van der Waals surface area (Å²) in [6, 6.07) is 5.01. The smallest absolute Gasteiger partial charge is 0.260 e. The highest BCUT2D eigenvalue weighted by Gasteiger charge is 2.19. The van der Waals surface area contributed by atoms with Crippen LogP contribution >= 0.6 is 34.5 Å². The Morgan fingerprint density at radius 1 is 1.20 bits per heavy atom. The number of carbonyl (C=O) groups is 1. The van der Waals surface area contributed by atoms with Gasteiger partial charge in [0.15, 0.2) is 5.13 Å². The van der Waals surface area contributed by atoms with Crippen molar-refractivity contribution in [2.75, 3.05) is 5.32 Å². The third kappa shape index (κ3) is 2.68. The summed E-state index contributed by atoms with van der Waals surface area (Å²) < 4.78 is 0. The molecule has 1 aromatic carbocycles. The van der Waals surface area contributed by atoms with Gasteiger partial charge in [-0.1, -0.05) is 29.3 Å². The molecule has 0 aliphatic heterocycles. The van der Waals surface area contributed by atoms with E-state index in [0.29, 0.717) is 20.7 Å². The van der Waals surface area contributed by atoms with Gasteiger partial charge in [-0.2, -0.15) is 0 Å². The van der Waals surface area contributed by atoms with E-state index in [0.717, 1.165) is 18.5 Å². The van der Waals surface area contributed by atoms with Crippen molar-refractivity contribution in [2.45, 2.75) is 25.7 Å². The van der Waals surface area contributed by atoms with E-state index in [4.69, 9.17) is 23.2 Å². The number of carbonyl (C=O) groups excluding carboxylic acids is 1. The molecule has 0 saturated carbocycles. The Bertz CT molecular complexity index is 625. The Balaban J connectivity index is 1.84. The molecule has 2 aromatic rings. The van der Waals surface area contributed by atoms with Gasteiger partial charge in [0.2, 0.25) is 0 Å². The van der Waals surface area contributed by atoms with Crippen molar-refractivity contribution in [3.05, 3.63) is 44.4 Å². The van der Waals surface area contributed by atoms with Crippen LogP contribution in [0.15, 0.2) is 18.2 Å². The van der Waals surface area contributed by atoms with E-state index in [9.17, 15) is 4.79 Å². The summed E-state index contributed by atoms with van der Waals surface area (Å²) in [5.74, 6) is -0.313. The molecule has 0 radical (unpaired) electrons. The van der Waals surface area contributed by atoms with Crippen LogP contribution in [0.25, 0.3) is 0 Å². The fraction of sp³-hybridized carbons (Fsp3) is 0.286. The number of amides is 1. The Labute approximate surface area is 130 Å². The van der Waals surface area contributed by atoms with E-state index in [1.165, 1.54) is 17.7 Å². The number of aromatic nitrogens is 1. The number of fused-ring (bicyclic) bond motifs is 1. The number of hydrogen-bond acceptors (Lipinski definition) is 3. The maximum absolute atomic E-state index is 12.3. The van der Waals surface area contributed by atoms with E-state index in [1.54, 1.807) is 29.5 Å². The topological polar surface area (TPSA) is 42.0 Å². The van der Waals surface area contributed by atoms with Crippen molar-refractivity contribution < 1.29 is 4.79 Å². The average Bonchev–Trinajstić information content (AvgIpc) is 2.80. The van der Waals surface area contributed by atoms with Gasteiger partial charge in [0.05, 0.1) is 21.3 Å². The standard InChI is InChI=1S/C14H12Cl2N2OS/c15-8-4-3-5-9(16)12(8)13(19)18-14-17-10-6-1-2-7-11(10)20-14/h3-5H,1-2,6-7H2,(H,17,18,19). The van der Waals surface area contributed by atoms with E-state index in [2.05, 4.69) is 10.3 Å². The Kier molecular flexibility index (Phi) is 3.96.